The number of hydrogen-bond donors (Lipinski definition) is 3. The van der Waals surface area contributed by atoms with Gasteiger partial charge in [0.15, 0.2) is 0 Å². The molecule has 6 nitrogen and oxygen atoms in total. The Morgan fingerprint density at radius 1 is 1.35 bits per heavy atom. The number of rotatable bonds is 8. The van der Waals surface area contributed by atoms with Gasteiger partial charge in [-0.25, -0.2) is 5.43 Å². The van der Waals surface area contributed by atoms with Crippen molar-refractivity contribution in [3.8, 4) is 5.75 Å². The van der Waals surface area contributed by atoms with Crippen LogP contribution in [0.3, 0.4) is 0 Å². The number of thiol groups is 1. The number of carbonyl (C=O) groups excluding carboxylic acids is 1. The molecule has 0 saturated carbocycles. The third-order valence-corrected chi connectivity index (χ3v) is 4.12. The number of nitrogens with one attached hydrogen (secondary N) is 1. The minimum absolute atomic E-state index is 0.102. The van der Waals surface area contributed by atoms with Crippen LogP contribution < -0.4 is 10.2 Å². The second-order valence-electron chi connectivity index (χ2n) is 7.10. The number of hydrogen-bond acceptors (Lipinski definition) is 5. The smallest absolute Gasteiger partial charge is 0.303 e. The monoisotopic (exact) mass is 378 g/mol. The summed E-state index contributed by atoms with van der Waals surface area (Å²) in [7, 11) is 0. The minimum Gasteiger partial charge on any atom is -0.494 e. The molecule has 0 radical (unpaired) electrons. The lowest BCUT2D eigenvalue weighted by atomic mass is 9.90. The highest BCUT2D eigenvalue weighted by Gasteiger charge is 2.19. The molecule has 26 heavy (non-hydrogen) atoms. The Balaban J connectivity index is 1.99. The number of fused-ring (bicyclic) bond motifs is 1. The van der Waals surface area contributed by atoms with Gasteiger partial charge in [-0.2, -0.15) is 17.7 Å². The molecule has 0 fully saturated rings. The van der Waals surface area contributed by atoms with Crippen molar-refractivity contribution in [1.29, 1.82) is 0 Å². The molecule has 1 aliphatic carbocycles. The second-order valence-corrected chi connectivity index (χ2v) is 8.31. The molecule has 0 aliphatic heterocycles. The zero-order valence-corrected chi connectivity index (χ0v) is 16.1. The van der Waals surface area contributed by atoms with Crippen molar-refractivity contribution in [3.05, 3.63) is 29.3 Å². The molecule has 2 N–H and O–H groups in total. The molecule has 1 aromatic carbocycles. The molecular weight excluding hydrogens is 352 g/mol. The van der Waals surface area contributed by atoms with Gasteiger partial charge in [-0.1, -0.05) is 13.8 Å². The first-order valence-corrected chi connectivity index (χ1v) is 9.25. The fraction of sp³-hybridized carbons (Fsp3) is 0.526. The summed E-state index contributed by atoms with van der Waals surface area (Å²) in [5.74, 6) is -0.234. The summed E-state index contributed by atoms with van der Waals surface area (Å²) < 4.78 is 5.26. The molecule has 0 saturated heterocycles. The van der Waals surface area contributed by atoms with E-state index in [-0.39, 0.29) is 17.1 Å². The lowest BCUT2D eigenvalue weighted by molar-refractivity contribution is -0.137. The Kier molecular flexibility index (Phi) is 7.08. The van der Waals surface area contributed by atoms with Crippen molar-refractivity contribution in [2.75, 3.05) is 6.61 Å². The third kappa shape index (κ3) is 6.71. The van der Waals surface area contributed by atoms with Gasteiger partial charge in [0, 0.05) is 23.2 Å². The molecule has 0 bridgehead atoms. The predicted octanol–water partition coefficient (Wildman–Crippen LogP) is 3.19. The van der Waals surface area contributed by atoms with Gasteiger partial charge in [-0.15, -0.1) is 0 Å². The van der Waals surface area contributed by atoms with Crippen LogP contribution in [0.15, 0.2) is 23.3 Å². The summed E-state index contributed by atoms with van der Waals surface area (Å²) in [6.45, 7) is 4.15. The highest BCUT2D eigenvalue weighted by atomic mass is 32.1. The summed E-state index contributed by atoms with van der Waals surface area (Å²) in [4.78, 5) is 22.5. The van der Waals surface area contributed by atoms with Gasteiger partial charge in [0.25, 0.3) is 0 Å². The standard InChI is InChI=1S/C19H26N2O4S/c1-19(2,26)12-17(22)21-20-16-6-3-5-13-11-14(8-9-15(13)16)25-10-4-7-18(23)24/h8-9,11,26H,3-7,10,12H2,1-2H3,(H,21,22)(H,23,24). The maximum absolute atomic E-state index is 11.9. The summed E-state index contributed by atoms with van der Waals surface area (Å²) in [5.41, 5.74) is 5.66. The van der Waals surface area contributed by atoms with E-state index in [1.165, 1.54) is 0 Å². The molecule has 1 aliphatic rings. The number of aliphatic carboxylic acids is 1. The first-order valence-electron chi connectivity index (χ1n) is 8.80. The Hall–Kier alpha value is -2.02. The van der Waals surface area contributed by atoms with Gasteiger partial charge in [0.2, 0.25) is 5.91 Å². The van der Waals surface area contributed by atoms with E-state index in [1.807, 2.05) is 32.0 Å². The molecule has 7 heteroatoms. The molecule has 0 aromatic heterocycles. The zero-order chi connectivity index (χ0) is 19.2. The van der Waals surface area contributed by atoms with Gasteiger partial charge in [-0.3, -0.25) is 9.59 Å². The van der Waals surface area contributed by atoms with Crippen molar-refractivity contribution < 1.29 is 19.4 Å². The quantitative estimate of drug-likeness (QED) is 0.368. The van der Waals surface area contributed by atoms with E-state index in [1.54, 1.807) is 0 Å². The molecule has 1 aromatic rings. The predicted molar refractivity (Wildman–Crippen MR) is 104 cm³/mol. The number of carboxylic acids is 1. The van der Waals surface area contributed by atoms with E-state index in [4.69, 9.17) is 9.84 Å². The Bertz CT molecular complexity index is 695. The number of benzene rings is 1. The van der Waals surface area contributed by atoms with Gasteiger partial charge < -0.3 is 9.84 Å². The molecule has 0 spiro atoms. The van der Waals surface area contributed by atoms with E-state index in [9.17, 15) is 9.59 Å². The van der Waals surface area contributed by atoms with Crippen molar-refractivity contribution in [3.63, 3.8) is 0 Å². The fourth-order valence-corrected chi connectivity index (χ4v) is 2.96. The Morgan fingerprint density at radius 2 is 2.12 bits per heavy atom. The Labute approximate surface area is 159 Å². The highest BCUT2D eigenvalue weighted by molar-refractivity contribution is 7.81. The summed E-state index contributed by atoms with van der Waals surface area (Å²) >= 11 is 4.36. The van der Waals surface area contributed by atoms with Crippen LogP contribution in [0.4, 0.5) is 0 Å². The first-order chi connectivity index (χ1) is 12.2. The number of nitrogens with zero attached hydrogens (tertiary/aromatic N) is 1. The first kappa shape index (κ1) is 20.3. The van der Waals surface area contributed by atoms with Crippen LogP contribution in [0.2, 0.25) is 0 Å². The Morgan fingerprint density at radius 3 is 2.81 bits per heavy atom. The summed E-state index contributed by atoms with van der Waals surface area (Å²) in [6.07, 6.45) is 3.58. The van der Waals surface area contributed by atoms with Crippen LogP contribution in [0.1, 0.15) is 57.1 Å². The van der Waals surface area contributed by atoms with Crippen LogP contribution in [-0.4, -0.2) is 34.0 Å². The fourth-order valence-electron chi connectivity index (χ4n) is 2.82. The molecule has 0 atom stereocenters. The van der Waals surface area contributed by atoms with Crippen molar-refractivity contribution in [2.24, 2.45) is 5.10 Å². The van der Waals surface area contributed by atoms with Crippen LogP contribution in [0, 0.1) is 0 Å². The number of hydrazone groups is 1. The van der Waals surface area contributed by atoms with E-state index >= 15 is 0 Å². The molecular formula is C19H26N2O4S. The van der Waals surface area contributed by atoms with Crippen molar-refractivity contribution >= 4 is 30.2 Å². The van der Waals surface area contributed by atoms with E-state index in [2.05, 4.69) is 23.2 Å². The zero-order valence-electron chi connectivity index (χ0n) is 15.2. The number of ether oxygens (including phenoxy) is 1. The normalized spacial score (nSPS) is 15.4. The van der Waals surface area contributed by atoms with E-state index in [0.29, 0.717) is 19.4 Å². The largest absolute Gasteiger partial charge is 0.494 e. The summed E-state index contributed by atoms with van der Waals surface area (Å²) in [5, 5.41) is 13.0. The molecule has 1 amide bonds. The third-order valence-electron chi connectivity index (χ3n) is 3.96. The number of carbonyl (C=O) groups is 2. The topological polar surface area (TPSA) is 88.0 Å². The van der Waals surface area contributed by atoms with Crippen LogP contribution in [0.25, 0.3) is 0 Å². The van der Waals surface area contributed by atoms with Crippen LogP contribution >= 0.6 is 12.6 Å². The molecule has 0 unspecified atom stereocenters. The lowest BCUT2D eigenvalue weighted by Gasteiger charge is -2.20. The number of amides is 1. The maximum Gasteiger partial charge on any atom is 0.303 e. The molecule has 0 heterocycles. The second kappa shape index (κ2) is 9.07. The van der Waals surface area contributed by atoms with E-state index < -0.39 is 5.97 Å². The van der Waals surface area contributed by atoms with Crippen LogP contribution in [-0.2, 0) is 16.0 Å². The highest BCUT2D eigenvalue weighted by Crippen LogP contribution is 2.26. The van der Waals surface area contributed by atoms with E-state index in [0.717, 1.165) is 41.9 Å². The minimum atomic E-state index is -0.816. The van der Waals surface area contributed by atoms with Gasteiger partial charge >= 0.3 is 5.97 Å². The van der Waals surface area contributed by atoms with Crippen molar-refractivity contribution in [2.45, 2.75) is 57.1 Å². The van der Waals surface area contributed by atoms with Crippen molar-refractivity contribution in [1.82, 2.24) is 5.43 Å². The number of carboxylic acid groups (broad SMARTS) is 1. The number of aryl methyl sites for hydroxylation is 1. The molecule has 2 rings (SSSR count). The van der Waals surface area contributed by atoms with Gasteiger partial charge in [0.1, 0.15) is 5.75 Å². The maximum atomic E-state index is 11.9. The average molecular weight is 378 g/mol. The average Bonchev–Trinajstić information content (AvgIpc) is 2.55. The SMILES string of the molecule is CC(C)(S)CC(=O)NN=C1CCCc2cc(OCCCC(=O)O)ccc21. The lowest BCUT2D eigenvalue weighted by Crippen LogP contribution is -2.27. The summed E-state index contributed by atoms with van der Waals surface area (Å²) in [6, 6.07) is 5.79. The van der Waals surface area contributed by atoms with Gasteiger partial charge in [-0.05, 0) is 49.4 Å². The van der Waals surface area contributed by atoms with Crippen LogP contribution in [0.5, 0.6) is 5.75 Å². The molecule has 142 valence electrons. The van der Waals surface area contributed by atoms with Gasteiger partial charge in [0.05, 0.1) is 12.3 Å².